The number of nitrogens with two attached hydrogens (primary N) is 1. The highest BCUT2D eigenvalue weighted by Crippen LogP contribution is 2.24. The standard InChI is InChI=1S/C12H19N3O2S/c1-8(2)15-18(16,17)10-5-3-9(4-6-10)14-12-7-11(12)13/h3-6,8,11-12,14-15H,7,13H2,1-2H3. The van der Waals surface area contributed by atoms with Crippen molar-refractivity contribution in [2.24, 2.45) is 5.73 Å². The Bertz CT molecular complexity index is 511. The van der Waals surface area contributed by atoms with Gasteiger partial charge in [0.1, 0.15) is 0 Å². The first-order chi connectivity index (χ1) is 8.38. The van der Waals surface area contributed by atoms with Crippen molar-refractivity contribution in [2.75, 3.05) is 5.32 Å². The second-order valence-corrected chi connectivity index (χ2v) is 6.66. The van der Waals surface area contributed by atoms with Crippen LogP contribution in [-0.4, -0.2) is 26.5 Å². The van der Waals surface area contributed by atoms with Crippen LogP contribution in [0.25, 0.3) is 0 Å². The van der Waals surface area contributed by atoms with Crippen LogP contribution in [0.4, 0.5) is 5.69 Å². The van der Waals surface area contributed by atoms with Crippen LogP contribution in [0.15, 0.2) is 29.2 Å². The molecule has 0 saturated heterocycles. The van der Waals surface area contributed by atoms with Crippen molar-refractivity contribution in [3.05, 3.63) is 24.3 Å². The van der Waals surface area contributed by atoms with Crippen molar-refractivity contribution in [2.45, 2.75) is 43.3 Å². The molecule has 18 heavy (non-hydrogen) atoms. The second-order valence-electron chi connectivity index (χ2n) is 4.95. The molecule has 0 aliphatic heterocycles. The summed E-state index contributed by atoms with van der Waals surface area (Å²) >= 11 is 0. The molecular weight excluding hydrogens is 250 g/mol. The molecular formula is C12H19N3O2S. The summed E-state index contributed by atoms with van der Waals surface area (Å²) in [6.07, 6.45) is 0.967. The molecule has 5 nitrogen and oxygen atoms in total. The Morgan fingerprint density at radius 1 is 1.28 bits per heavy atom. The van der Waals surface area contributed by atoms with Gasteiger partial charge in [-0.3, -0.25) is 0 Å². The van der Waals surface area contributed by atoms with E-state index in [1.54, 1.807) is 38.1 Å². The quantitative estimate of drug-likeness (QED) is 0.741. The van der Waals surface area contributed by atoms with E-state index in [1.165, 1.54) is 0 Å². The van der Waals surface area contributed by atoms with Gasteiger partial charge in [-0.2, -0.15) is 0 Å². The Morgan fingerprint density at radius 2 is 1.83 bits per heavy atom. The third kappa shape index (κ3) is 3.22. The summed E-state index contributed by atoms with van der Waals surface area (Å²) in [4.78, 5) is 0.279. The molecule has 0 amide bonds. The van der Waals surface area contributed by atoms with Crippen molar-refractivity contribution >= 4 is 15.7 Å². The number of nitrogens with one attached hydrogen (secondary N) is 2. The van der Waals surface area contributed by atoms with E-state index in [2.05, 4.69) is 10.0 Å². The zero-order valence-corrected chi connectivity index (χ0v) is 11.4. The molecule has 1 saturated carbocycles. The zero-order valence-electron chi connectivity index (χ0n) is 10.6. The lowest BCUT2D eigenvalue weighted by atomic mass is 10.3. The van der Waals surface area contributed by atoms with E-state index >= 15 is 0 Å². The molecule has 4 N–H and O–H groups in total. The van der Waals surface area contributed by atoms with E-state index in [0.717, 1.165) is 12.1 Å². The van der Waals surface area contributed by atoms with E-state index in [-0.39, 0.29) is 17.0 Å². The van der Waals surface area contributed by atoms with E-state index in [4.69, 9.17) is 5.73 Å². The van der Waals surface area contributed by atoms with Gasteiger partial charge in [0.15, 0.2) is 0 Å². The van der Waals surface area contributed by atoms with Crippen molar-refractivity contribution in [1.29, 1.82) is 0 Å². The number of sulfonamides is 1. The Hall–Kier alpha value is -1.11. The predicted molar refractivity (Wildman–Crippen MR) is 71.9 cm³/mol. The zero-order chi connectivity index (χ0) is 13.3. The van der Waals surface area contributed by atoms with E-state index < -0.39 is 10.0 Å². The minimum Gasteiger partial charge on any atom is -0.381 e. The normalized spacial score (nSPS) is 23.1. The Morgan fingerprint density at radius 3 is 2.28 bits per heavy atom. The van der Waals surface area contributed by atoms with Crippen molar-refractivity contribution in [3.63, 3.8) is 0 Å². The van der Waals surface area contributed by atoms with Crippen LogP contribution in [0, 0.1) is 0 Å². The predicted octanol–water partition coefficient (Wildman–Crippen LogP) is 0.885. The van der Waals surface area contributed by atoms with Crippen molar-refractivity contribution in [3.8, 4) is 0 Å². The Kier molecular flexibility index (Phi) is 3.61. The van der Waals surface area contributed by atoms with Gasteiger partial charge < -0.3 is 11.1 Å². The summed E-state index contributed by atoms with van der Waals surface area (Å²) in [5, 5.41) is 3.24. The first-order valence-electron chi connectivity index (χ1n) is 6.03. The largest absolute Gasteiger partial charge is 0.381 e. The highest BCUT2D eigenvalue weighted by atomic mass is 32.2. The van der Waals surface area contributed by atoms with Crippen molar-refractivity contribution in [1.82, 2.24) is 4.72 Å². The number of rotatable bonds is 5. The SMILES string of the molecule is CC(C)NS(=O)(=O)c1ccc(NC2CC2N)cc1. The van der Waals surface area contributed by atoms with Crippen LogP contribution in [-0.2, 0) is 10.0 Å². The van der Waals surface area contributed by atoms with E-state index in [1.807, 2.05) is 0 Å². The first-order valence-corrected chi connectivity index (χ1v) is 7.51. The maximum atomic E-state index is 11.9. The lowest BCUT2D eigenvalue weighted by Gasteiger charge is -2.10. The summed E-state index contributed by atoms with van der Waals surface area (Å²) in [7, 11) is -3.40. The molecule has 0 radical (unpaired) electrons. The summed E-state index contributed by atoms with van der Waals surface area (Å²) in [6, 6.07) is 7.15. The van der Waals surface area contributed by atoms with E-state index in [0.29, 0.717) is 6.04 Å². The average molecular weight is 269 g/mol. The fourth-order valence-electron chi connectivity index (χ4n) is 1.70. The molecule has 0 bridgehead atoms. The molecule has 6 heteroatoms. The van der Waals surface area contributed by atoms with Crippen LogP contribution in [0.1, 0.15) is 20.3 Å². The van der Waals surface area contributed by atoms with Crippen LogP contribution < -0.4 is 15.8 Å². The molecule has 1 aliphatic carbocycles. The third-order valence-corrected chi connectivity index (χ3v) is 4.42. The molecule has 0 aromatic heterocycles. The minimum atomic E-state index is -3.40. The molecule has 2 atom stereocenters. The summed E-state index contributed by atoms with van der Waals surface area (Å²) < 4.78 is 26.3. The summed E-state index contributed by atoms with van der Waals surface area (Å²) in [5.41, 5.74) is 6.60. The monoisotopic (exact) mass is 269 g/mol. The average Bonchev–Trinajstić information content (AvgIpc) is 2.93. The van der Waals surface area contributed by atoms with Gasteiger partial charge in [-0.25, -0.2) is 13.1 Å². The van der Waals surface area contributed by atoms with Gasteiger partial charge in [0.2, 0.25) is 10.0 Å². The van der Waals surface area contributed by atoms with E-state index in [9.17, 15) is 8.42 Å². The summed E-state index contributed by atoms with van der Waals surface area (Å²) in [5.74, 6) is 0. The van der Waals surface area contributed by atoms with Crippen LogP contribution in [0.2, 0.25) is 0 Å². The molecule has 2 rings (SSSR count). The van der Waals surface area contributed by atoms with Gasteiger partial charge in [0.05, 0.1) is 4.90 Å². The van der Waals surface area contributed by atoms with Crippen LogP contribution >= 0.6 is 0 Å². The molecule has 0 heterocycles. The first kappa shape index (κ1) is 13.3. The summed E-state index contributed by atoms with van der Waals surface area (Å²) in [6.45, 7) is 3.59. The van der Waals surface area contributed by atoms with Gasteiger partial charge in [-0.1, -0.05) is 0 Å². The molecule has 1 fully saturated rings. The number of anilines is 1. The molecule has 100 valence electrons. The fourth-order valence-corrected chi connectivity index (χ4v) is 2.95. The van der Waals surface area contributed by atoms with Gasteiger partial charge in [0, 0.05) is 23.8 Å². The number of benzene rings is 1. The Balaban J connectivity index is 2.07. The highest BCUT2D eigenvalue weighted by Gasteiger charge is 2.33. The highest BCUT2D eigenvalue weighted by molar-refractivity contribution is 7.89. The fraction of sp³-hybridized carbons (Fsp3) is 0.500. The molecule has 1 aliphatic rings. The molecule has 2 unspecified atom stereocenters. The Labute approximate surface area is 108 Å². The lowest BCUT2D eigenvalue weighted by Crippen LogP contribution is -2.30. The molecule has 1 aromatic rings. The van der Waals surface area contributed by atoms with Gasteiger partial charge in [0.25, 0.3) is 0 Å². The van der Waals surface area contributed by atoms with Gasteiger partial charge in [-0.15, -0.1) is 0 Å². The third-order valence-electron chi connectivity index (χ3n) is 2.75. The lowest BCUT2D eigenvalue weighted by molar-refractivity contribution is 0.570. The van der Waals surface area contributed by atoms with Gasteiger partial charge in [-0.05, 0) is 44.5 Å². The second kappa shape index (κ2) is 4.87. The molecule has 0 spiro atoms. The maximum absolute atomic E-state index is 11.9. The minimum absolute atomic E-state index is 0.114. The van der Waals surface area contributed by atoms with Crippen LogP contribution in [0.5, 0.6) is 0 Å². The number of hydrogen-bond donors (Lipinski definition) is 3. The smallest absolute Gasteiger partial charge is 0.240 e. The maximum Gasteiger partial charge on any atom is 0.240 e. The topological polar surface area (TPSA) is 84.2 Å². The van der Waals surface area contributed by atoms with Crippen molar-refractivity contribution < 1.29 is 8.42 Å². The van der Waals surface area contributed by atoms with Gasteiger partial charge >= 0.3 is 0 Å². The molecule has 1 aromatic carbocycles. The van der Waals surface area contributed by atoms with Crippen LogP contribution in [0.3, 0.4) is 0 Å². The number of hydrogen-bond acceptors (Lipinski definition) is 4.